The topological polar surface area (TPSA) is 34.1 Å². The molecule has 0 fully saturated rings. The Morgan fingerprint density at radius 2 is 2.06 bits per heavy atom. The predicted molar refractivity (Wildman–Crippen MR) is 69.3 cm³/mol. The molecular weight excluding hydrogens is 240 g/mol. The Kier molecular flexibility index (Phi) is 3.13. The summed E-state index contributed by atoms with van der Waals surface area (Å²) in [6.07, 6.45) is 1.81. The van der Waals surface area contributed by atoms with Crippen LogP contribution in [0.3, 0.4) is 0 Å². The Balaban J connectivity index is 2.44. The number of aryl methyl sites for hydroxylation is 1. The molecular formula is C12H14O2S2. The maximum absolute atomic E-state index is 12.1. The first-order valence-electron chi connectivity index (χ1n) is 5.19. The summed E-state index contributed by atoms with van der Waals surface area (Å²) in [7, 11) is -3.20. The van der Waals surface area contributed by atoms with Gasteiger partial charge in [0.2, 0.25) is 9.84 Å². The van der Waals surface area contributed by atoms with Crippen LogP contribution in [0.15, 0.2) is 28.0 Å². The molecule has 0 saturated carbocycles. The van der Waals surface area contributed by atoms with Crippen molar-refractivity contribution in [3.8, 4) is 0 Å². The van der Waals surface area contributed by atoms with E-state index < -0.39 is 9.84 Å². The molecule has 0 aromatic heterocycles. The fourth-order valence-electron chi connectivity index (χ4n) is 1.74. The largest absolute Gasteiger partial charge is 0.219 e. The lowest BCUT2D eigenvalue weighted by atomic mass is 10.1. The molecule has 0 unspecified atom stereocenters. The molecule has 2 rings (SSSR count). The third kappa shape index (κ3) is 1.92. The fourth-order valence-corrected chi connectivity index (χ4v) is 4.34. The molecule has 1 aliphatic rings. The Morgan fingerprint density at radius 1 is 1.31 bits per heavy atom. The Labute approximate surface area is 101 Å². The van der Waals surface area contributed by atoms with Crippen LogP contribution in [0.4, 0.5) is 0 Å². The van der Waals surface area contributed by atoms with E-state index in [2.05, 4.69) is 0 Å². The molecule has 1 aliphatic heterocycles. The van der Waals surface area contributed by atoms with E-state index in [1.54, 1.807) is 23.9 Å². The van der Waals surface area contributed by atoms with Gasteiger partial charge in [-0.2, -0.15) is 11.8 Å². The van der Waals surface area contributed by atoms with Crippen LogP contribution in [0.25, 0.3) is 6.08 Å². The maximum Gasteiger partial charge on any atom is 0.204 e. The van der Waals surface area contributed by atoms with Gasteiger partial charge in [-0.3, -0.25) is 0 Å². The molecule has 0 amide bonds. The van der Waals surface area contributed by atoms with Crippen molar-refractivity contribution in [3.05, 3.63) is 34.2 Å². The van der Waals surface area contributed by atoms with Crippen LogP contribution in [0, 0.1) is 6.92 Å². The van der Waals surface area contributed by atoms with Crippen molar-refractivity contribution >= 4 is 27.7 Å². The van der Waals surface area contributed by atoms with Crippen LogP contribution in [-0.2, 0) is 9.84 Å². The molecule has 0 radical (unpaired) electrons. The van der Waals surface area contributed by atoms with E-state index in [0.29, 0.717) is 15.6 Å². The molecule has 0 atom stereocenters. The highest BCUT2D eigenvalue weighted by Crippen LogP contribution is 2.34. The van der Waals surface area contributed by atoms with Gasteiger partial charge < -0.3 is 0 Å². The summed E-state index contributed by atoms with van der Waals surface area (Å²) in [5, 5.41) is 0. The second-order valence-electron chi connectivity index (χ2n) is 3.79. The zero-order valence-electron chi connectivity index (χ0n) is 9.36. The number of fused-ring (bicyclic) bond motifs is 1. The lowest BCUT2D eigenvalue weighted by Gasteiger charge is -2.02. The van der Waals surface area contributed by atoms with Gasteiger partial charge in [-0.15, -0.1) is 0 Å². The van der Waals surface area contributed by atoms with Gasteiger partial charge in [-0.05, 0) is 30.4 Å². The van der Waals surface area contributed by atoms with E-state index in [9.17, 15) is 8.42 Å². The normalized spacial score (nSPS) is 17.0. The van der Waals surface area contributed by atoms with Gasteiger partial charge in [-0.25, -0.2) is 8.42 Å². The van der Waals surface area contributed by atoms with E-state index in [0.717, 1.165) is 16.9 Å². The van der Waals surface area contributed by atoms with E-state index in [-0.39, 0.29) is 0 Å². The molecule has 0 saturated heterocycles. The predicted octanol–water partition coefficient (Wildman–Crippen LogP) is 2.88. The standard InChI is InChI=1S/C12H14O2S2/c1-3-15-8-11-7-10-6-9(2)4-5-12(10)16(11,13)14/h4-7H,3,8H2,1-2H3. The molecule has 4 heteroatoms. The summed E-state index contributed by atoms with van der Waals surface area (Å²) in [4.78, 5) is 1.00. The van der Waals surface area contributed by atoms with E-state index >= 15 is 0 Å². The number of benzene rings is 1. The van der Waals surface area contributed by atoms with Gasteiger partial charge in [0, 0.05) is 5.75 Å². The lowest BCUT2D eigenvalue weighted by Crippen LogP contribution is -2.02. The highest BCUT2D eigenvalue weighted by Gasteiger charge is 2.28. The van der Waals surface area contributed by atoms with Crippen LogP contribution in [0.1, 0.15) is 18.1 Å². The molecule has 0 bridgehead atoms. The molecule has 0 N–H and O–H groups in total. The fraction of sp³-hybridized carbons (Fsp3) is 0.333. The van der Waals surface area contributed by atoms with Crippen molar-refractivity contribution < 1.29 is 8.42 Å². The number of hydrogen-bond donors (Lipinski definition) is 0. The summed E-state index contributed by atoms with van der Waals surface area (Å²) in [6, 6.07) is 5.48. The van der Waals surface area contributed by atoms with Gasteiger partial charge in [0.05, 0.1) is 9.80 Å². The summed E-state index contributed by atoms with van der Waals surface area (Å²) in [5.41, 5.74) is 1.93. The smallest absolute Gasteiger partial charge is 0.204 e. The SMILES string of the molecule is CCSCC1=Cc2cc(C)ccc2S1(=O)=O. The highest BCUT2D eigenvalue weighted by atomic mass is 32.2. The minimum absolute atomic E-state index is 0.463. The minimum atomic E-state index is -3.20. The van der Waals surface area contributed by atoms with Crippen molar-refractivity contribution in [2.45, 2.75) is 18.7 Å². The van der Waals surface area contributed by atoms with E-state index in [1.165, 1.54) is 0 Å². The van der Waals surface area contributed by atoms with Gasteiger partial charge in [0.25, 0.3) is 0 Å². The summed E-state index contributed by atoms with van der Waals surface area (Å²) in [5.74, 6) is 1.51. The van der Waals surface area contributed by atoms with Crippen LogP contribution in [-0.4, -0.2) is 19.9 Å². The minimum Gasteiger partial charge on any atom is -0.219 e. The Bertz CT molecular complexity index is 542. The first-order valence-corrected chi connectivity index (χ1v) is 7.83. The van der Waals surface area contributed by atoms with Crippen molar-refractivity contribution in [3.63, 3.8) is 0 Å². The Hall–Kier alpha value is -0.740. The average molecular weight is 254 g/mol. The second kappa shape index (κ2) is 4.26. The third-order valence-corrected chi connectivity index (χ3v) is 5.57. The molecule has 1 heterocycles. The van der Waals surface area contributed by atoms with Crippen LogP contribution in [0.2, 0.25) is 0 Å². The molecule has 0 spiro atoms. The quantitative estimate of drug-likeness (QED) is 0.831. The lowest BCUT2D eigenvalue weighted by molar-refractivity contribution is 0.603. The average Bonchev–Trinajstić information content (AvgIpc) is 2.47. The van der Waals surface area contributed by atoms with Gasteiger partial charge >= 0.3 is 0 Å². The molecule has 1 aromatic rings. The van der Waals surface area contributed by atoms with Gasteiger partial charge in [0.1, 0.15) is 0 Å². The van der Waals surface area contributed by atoms with E-state index in [1.807, 2.05) is 26.0 Å². The third-order valence-electron chi connectivity index (χ3n) is 2.56. The molecule has 16 heavy (non-hydrogen) atoms. The molecule has 2 nitrogen and oxygen atoms in total. The summed E-state index contributed by atoms with van der Waals surface area (Å²) < 4.78 is 24.2. The first kappa shape index (κ1) is 11.7. The Morgan fingerprint density at radius 3 is 2.75 bits per heavy atom. The van der Waals surface area contributed by atoms with Crippen LogP contribution >= 0.6 is 11.8 Å². The molecule has 1 aromatic carbocycles. The van der Waals surface area contributed by atoms with E-state index in [4.69, 9.17) is 0 Å². The summed E-state index contributed by atoms with van der Waals surface area (Å²) >= 11 is 1.64. The van der Waals surface area contributed by atoms with Gasteiger partial charge in [-0.1, -0.05) is 24.6 Å². The van der Waals surface area contributed by atoms with Crippen molar-refractivity contribution in [2.75, 3.05) is 11.5 Å². The van der Waals surface area contributed by atoms with Crippen molar-refractivity contribution in [1.29, 1.82) is 0 Å². The monoisotopic (exact) mass is 254 g/mol. The number of rotatable bonds is 3. The summed E-state index contributed by atoms with van der Waals surface area (Å²) in [6.45, 7) is 4.00. The van der Waals surface area contributed by atoms with Crippen molar-refractivity contribution in [1.82, 2.24) is 0 Å². The van der Waals surface area contributed by atoms with Crippen LogP contribution in [0.5, 0.6) is 0 Å². The van der Waals surface area contributed by atoms with Gasteiger partial charge in [0.15, 0.2) is 0 Å². The number of sulfone groups is 1. The zero-order chi connectivity index (χ0) is 11.8. The molecule has 86 valence electrons. The molecule has 0 aliphatic carbocycles. The highest BCUT2D eigenvalue weighted by molar-refractivity contribution is 8.02. The van der Waals surface area contributed by atoms with Crippen molar-refractivity contribution in [2.24, 2.45) is 0 Å². The zero-order valence-corrected chi connectivity index (χ0v) is 11.0. The van der Waals surface area contributed by atoms with Crippen LogP contribution < -0.4 is 0 Å². The number of hydrogen-bond acceptors (Lipinski definition) is 3. The maximum atomic E-state index is 12.1. The second-order valence-corrected chi connectivity index (χ2v) is 7.04. The number of thioether (sulfide) groups is 1. The first-order chi connectivity index (χ1) is 7.55.